The molecule has 1 aromatic rings. The number of hydrogen-bond acceptors (Lipinski definition) is 0. The predicted octanol–water partition coefficient (Wildman–Crippen LogP) is 3.60. The number of benzene rings is 1. The number of halogens is 2. The van der Waals surface area contributed by atoms with Crippen molar-refractivity contribution < 1.29 is 0 Å². The Kier molecular flexibility index (Phi) is 2.69. The van der Waals surface area contributed by atoms with Gasteiger partial charge < -0.3 is 0 Å². The Morgan fingerprint density at radius 3 is 2.70 bits per heavy atom. The average molecular weight is 308 g/mol. The van der Waals surface area contributed by atoms with E-state index in [9.17, 15) is 0 Å². The molecule has 0 saturated heterocycles. The fourth-order valence-corrected chi connectivity index (χ4v) is 1.41. The van der Waals surface area contributed by atoms with E-state index < -0.39 is 0 Å². The van der Waals surface area contributed by atoms with Gasteiger partial charge >= 0.3 is 0 Å². The van der Waals surface area contributed by atoms with E-state index in [1.54, 1.807) is 6.07 Å². The smallest absolute Gasteiger partial charge is 0.201 e. The number of rotatable bonds is 0. The molecule has 1 rings (SSSR count). The molecule has 0 spiro atoms. The summed E-state index contributed by atoms with van der Waals surface area (Å²) in [5.41, 5.74) is 0.704. The maximum atomic E-state index is 6.78. The number of nitrogens with zero attached hydrogens (tertiary/aromatic N) is 1. The fraction of sp³-hybridized carbons (Fsp3) is 0. The van der Waals surface area contributed by atoms with E-state index in [0.29, 0.717) is 5.69 Å². The standard InChI is InChI=1S/C7H3BrIN/c1-10-6-4-2-3-5(8)7(6)9/h2-4H. The Morgan fingerprint density at radius 2 is 2.20 bits per heavy atom. The summed E-state index contributed by atoms with van der Waals surface area (Å²) in [5, 5.41) is 0. The zero-order chi connectivity index (χ0) is 7.56. The van der Waals surface area contributed by atoms with Crippen molar-refractivity contribution in [3.8, 4) is 0 Å². The number of hydrogen-bond donors (Lipinski definition) is 0. The van der Waals surface area contributed by atoms with Gasteiger partial charge in [0, 0.05) is 8.04 Å². The van der Waals surface area contributed by atoms with Gasteiger partial charge in [-0.25, -0.2) is 4.85 Å². The summed E-state index contributed by atoms with van der Waals surface area (Å²) in [7, 11) is 0. The molecule has 1 aromatic carbocycles. The predicted molar refractivity (Wildman–Crippen MR) is 53.1 cm³/mol. The molecule has 0 N–H and O–H groups in total. The molecule has 0 aliphatic heterocycles. The van der Waals surface area contributed by atoms with Crippen LogP contribution in [0.5, 0.6) is 0 Å². The average Bonchev–Trinajstić information content (AvgIpc) is 1.95. The summed E-state index contributed by atoms with van der Waals surface area (Å²) >= 11 is 5.48. The van der Waals surface area contributed by atoms with E-state index in [4.69, 9.17) is 6.57 Å². The molecule has 1 nitrogen and oxygen atoms in total. The summed E-state index contributed by atoms with van der Waals surface area (Å²) < 4.78 is 1.97. The molecule has 50 valence electrons. The zero-order valence-corrected chi connectivity index (χ0v) is 8.68. The van der Waals surface area contributed by atoms with Crippen molar-refractivity contribution in [2.45, 2.75) is 0 Å². The third-order valence-corrected chi connectivity index (χ3v) is 3.59. The van der Waals surface area contributed by atoms with Gasteiger partial charge in [0.2, 0.25) is 5.69 Å². The minimum absolute atomic E-state index is 0.704. The van der Waals surface area contributed by atoms with E-state index >= 15 is 0 Å². The lowest BCUT2D eigenvalue weighted by atomic mass is 10.3. The van der Waals surface area contributed by atoms with Crippen LogP contribution in [0.1, 0.15) is 0 Å². The van der Waals surface area contributed by atoms with Crippen LogP contribution in [0.15, 0.2) is 22.7 Å². The van der Waals surface area contributed by atoms with Gasteiger partial charge in [-0.1, -0.05) is 50.7 Å². The SMILES string of the molecule is [C-]#[N+]c1cccc(Br)c1I. The Hall–Kier alpha value is -0.0800. The maximum Gasteiger partial charge on any atom is 0.201 e. The van der Waals surface area contributed by atoms with Crippen LogP contribution in [0.3, 0.4) is 0 Å². The fourth-order valence-electron chi connectivity index (χ4n) is 0.579. The normalized spacial score (nSPS) is 8.90. The molecule has 0 heterocycles. The van der Waals surface area contributed by atoms with Gasteiger partial charge in [0.15, 0.2) is 0 Å². The first kappa shape index (κ1) is 8.02. The van der Waals surface area contributed by atoms with Crippen molar-refractivity contribution in [3.63, 3.8) is 0 Å². The summed E-state index contributed by atoms with van der Waals surface area (Å²) in [6.45, 7) is 6.78. The van der Waals surface area contributed by atoms with Crippen LogP contribution in [0, 0.1) is 10.1 Å². The Labute approximate surface area is 81.5 Å². The van der Waals surface area contributed by atoms with Crippen molar-refractivity contribution >= 4 is 44.2 Å². The molecule has 0 aliphatic carbocycles. The monoisotopic (exact) mass is 307 g/mol. The topological polar surface area (TPSA) is 4.36 Å². The van der Waals surface area contributed by atoms with Gasteiger partial charge in [-0.05, 0) is 6.07 Å². The van der Waals surface area contributed by atoms with Crippen LogP contribution in [0.25, 0.3) is 4.85 Å². The van der Waals surface area contributed by atoms with Gasteiger partial charge in [-0.2, -0.15) is 0 Å². The summed E-state index contributed by atoms with van der Waals surface area (Å²) in [6.07, 6.45) is 0. The third kappa shape index (κ3) is 1.50. The van der Waals surface area contributed by atoms with Gasteiger partial charge in [0.1, 0.15) is 0 Å². The Balaban J connectivity index is 3.31. The highest BCUT2D eigenvalue weighted by Crippen LogP contribution is 2.28. The van der Waals surface area contributed by atoms with Crippen molar-refractivity contribution in [2.75, 3.05) is 0 Å². The molecule has 0 atom stereocenters. The molecular formula is C7H3BrIN. The van der Waals surface area contributed by atoms with Crippen molar-refractivity contribution in [1.82, 2.24) is 0 Å². The molecule has 0 unspecified atom stereocenters. The van der Waals surface area contributed by atoms with E-state index in [2.05, 4.69) is 43.4 Å². The molecule has 0 saturated carbocycles. The molecular weight excluding hydrogens is 305 g/mol. The minimum Gasteiger partial charge on any atom is -0.237 e. The molecule has 3 heteroatoms. The highest BCUT2D eigenvalue weighted by atomic mass is 127. The van der Waals surface area contributed by atoms with Crippen molar-refractivity contribution in [3.05, 3.63) is 37.7 Å². The summed E-state index contributed by atoms with van der Waals surface area (Å²) in [6, 6.07) is 5.59. The highest BCUT2D eigenvalue weighted by Gasteiger charge is 2.00. The van der Waals surface area contributed by atoms with Crippen molar-refractivity contribution in [2.24, 2.45) is 0 Å². The lowest BCUT2D eigenvalue weighted by Gasteiger charge is -1.95. The molecule has 0 aromatic heterocycles. The molecule has 0 radical (unpaired) electrons. The van der Waals surface area contributed by atoms with E-state index in [0.717, 1.165) is 8.04 Å². The summed E-state index contributed by atoms with van der Waals surface area (Å²) in [4.78, 5) is 3.34. The van der Waals surface area contributed by atoms with E-state index in [1.807, 2.05) is 12.1 Å². The third-order valence-electron chi connectivity index (χ3n) is 1.05. The highest BCUT2D eigenvalue weighted by molar-refractivity contribution is 14.1. The van der Waals surface area contributed by atoms with Gasteiger partial charge in [-0.15, -0.1) is 0 Å². The second kappa shape index (κ2) is 3.35. The molecule has 0 aliphatic rings. The van der Waals surface area contributed by atoms with Crippen LogP contribution >= 0.6 is 38.5 Å². The largest absolute Gasteiger partial charge is 0.237 e. The lowest BCUT2D eigenvalue weighted by molar-refractivity contribution is 1.60. The molecule has 0 bridgehead atoms. The second-order valence-corrected chi connectivity index (χ2v) is 3.62. The quantitative estimate of drug-likeness (QED) is 0.509. The maximum absolute atomic E-state index is 6.78. The van der Waals surface area contributed by atoms with Gasteiger partial charge in [-0.3, -0.25) is 0 Å². The second-order valence-electron chi connectivity index (χ2n) is 1.68. The first-order valence-corrected chi connectivity index (χ1v) is 4.44. The molecule has 10 heavy (non-hydrogen) atoms. The van der Waals surface area contributed by atoms with E-state index in [1.165, 1.54) is 0 Å². The van der Waals surface area contributed by atoms with Crippen LogP contribution in [-0.2, 0) is 0 Å². The zero-order valence-electron chi connectivity index (χ0n) is 4.94. The molecule has 0 amide bonds. The van der Waals surface area contributed by atoms with Gasteiger partial charge in [0.25, 0.3) is 0 Å². The summed E-state index contributed by atoms with van der Waals surface area (Å²) in [5.74, 6) is 0. The lowest BCUT2D eigenvalue weighted by Crippen LogP contribution is -1.72. The van der Waals surface area contributed by atoms with E-state index in [-0.39, 0.29) is 0 Å². The van der Waals surface area contributed by atoms with Gasteiger partial charge in [0.05, 0.1) is 6.57 Å². The van der Waals surface area contributed by atoms with Crippen LogP contribution < -0.4 is 0 Å². The first-order valence-electron chi connectivity index (χ1n) is 2.57. The van der Waals surface area contributed by atoms with Crippen LogP contribution in [-0.4, -0.2) is 0 Å². The Morgan fingerprint density at radius 1 is 1.50 bits per heavy atom. The first-order chi connectivity index (χ1) is 4.75. The van der Waals surface area contributed by atoms with Crippen molar-refractivity contribution in [1.29, 1.82) is 0 Å². The molecule has 0 fully saturated rings. The minimum atomic E-state index is 0.704. The van der Waals surface area contributed by atoms with Crippen LogP contribution in [0.4, 0.5) is 5.69 Å². The Bertz CT molecular complexity index is 290. The van der Waals surface area contributed by atoms with Crippen LogP contribution in [0.2, 0.25) is 0 Å².